The number of carbonyl (C=O) groups excluding carboxylic acids is 1. The molecular weight excluding hydrogens is 222 g/mol. The van der Waals surface area contributed by atoms with Crippen molar-refractivity contribution in [3.8, 4) is 0 Å². The number of nitrogens with zero attached hydrogens (tertiary/aromatic N) is 1. The highest BCUT2D eigenvalue weighted by Crippen LogP contribution is 2.22. The molecule has 0 aliphatic carbocycles. The second kappa shape index (κ2) is 5.96. The van der Waals surface area contributed by atoms with E-state index in [0.29, 0.717) is 11.7 Å². The molecule has 5 heteroatoms. The summed E-state index contributed by atoms with van der Waals surface area (Å²) in [6, 6.07) is 0. The summed E-state index contributed by atoms with van der Waals surface area (Å²) in [5.74, 6) is -0.143. The minimum Gasteiger partial charge on any atom is -0.330 e. The zero-order valence-corrected chi connectivity index (χ0v) is 10.9. The van der Waals surface area contributed by atoms with Crippen LogP contribution in [0.4, 0.5) is 5.13 Å². The summed E-state index contributed by atoms with van der Waals surface area (Å²) in [5.41, 5.74) is 6.58. The van der Waals surface area contributed by atoms with Crippen LogP contribution in [-0.4, -0.2) is 17.4 Å². The summed E-state index contributed by atoms with van der Waals surface area (Å²) in [5, 5.41) is 3.51. The Kier molecular flexibility index (Phi) is 4.89. The van der Waals surface area contributed by atoms with Gasteiger partial charge in [0.1, 0.15) is 0 Å². The second-order valence-corrected chi connectivity index (χ2v) is 4.91. The lowest BCUT2D eigenvalue weighted by Gasteiger charge is -2.10. The van der Waals surface area contributed by atoms with Crippen molar-refractivity contribution in [2.24, 2.45) is 11.7 Å². The zero-order chi connectivity index (χ0) is 12.1. The van der Waals surface area contributed by atoms with Gasteiger partial charge in [0, 0.05) is 11.4 Å². The summed E-state index contributed by atoms with van der Waals surface area (Å²) < 4.78 is 0. The number of hydrogen-bond acceptors (Lipinski definition) is 4. The molecule has 0 aliphatic rings. The third kappa shape index (κ3) is 3.02. The highest BCUT2D eigenvalue weighted by Gasteiger charge is 2.16. The van der Waals surface area contributed by atoms with Crippen LogP contribution < -0.4 is 11.1 Å². The van der Waals surface area contributed by atoms with E-state index < -0.39 is 0 Å². The van der Waals surface area contributed by atoms with Gasteiger partial charge in [0.25, 0.3) is 0 Å². The third-order valence-corrected chi connectivity index (χ3v) is 3.53. The van der Waals surface area contributed by atoms with Crippen molar-refractivity contribution in [1.82, 2.24) is 4.98 Å². The first-order chi connectivity index (χ1) is 7.62. The molecule has 1 rings (SSSR count). The van der Waals surface area contributed by atoms with Gasteiger partial charge < -0.3 is 11.1 Å². The largest absolute Gasteiger partial charge is 0.330 e. The van der Waals surface area contributed by atoms with E-state index in [1.807, 2.05) is 13.8 Å². The Labute approximate surface area is 100 Å². The smallest absolute Gasteiger partial charge is 0.230 e. The topological polar surface area (TPSA) is 68.0 Å². The number of aromatic nitrogens is 1. The average Bonchev–Trinajstić information content (AvgIpc) is 2.60. The van der Waals surface area contributed by atoms with Gasteiger partial charge in [0.05, 0.1) is 11.6 Å². The molecule has 0 saturated carbocycles. The van der Waals surface area contributed by atoms with Gasteiger partial charge in [-0.15, -0.1) is 11.3 Å². The van der Waals surface area contributed by atoms with Gasteiger partial charge in [0.2, 0.25) is 5.91 Å². The minimum absolute atomic E-state index is 0.0265. The van der Waals surface area contributed by atoms with E-state index in [1.165, 1.54) is 16.2 Å². The van der Waals surface area contributed by atoms with Crippen LogP contribution in [0.25, 0.3) is 0 Å². The van der Waals surface area contributed by atoms with Crippen molar-refractivity contribution in [2.75, 3.05) is 11.9 Å². The molecule has 0 bridgehead atoms. The van der Waals surface area contributed by atoms with Gasteiger partial charge in [-0.25, -0.2) is 4.98 Å². The second-order valence-electron chi connectivity index (χ2n) is 3.71. The number of hydrogen-bond donors (Lipinski definition) is 2. The lowest BCUT2D eigenvalue weighted by atomic mass is 10.1. The first-order valence-corrected chi connectivity index (χ1v) is 6.41. The average molecular weight is 241 g/mol. The fourth-order valence-corrected chi connectivity index (χ4v) is 2.38. The van der Waals surface area contributed by atoms with E-state index >= 15 is 0 Å². The maximum Gasteiger partial charge on any atom is 0.230 e. The molecule has 0 spiro atoms. The first-order valence-electron chi connectivity index (χ1n) is 5.59. The Hall–Kier alpha value is -0.940. The van der Waals surface area contributed by atoms with Gasteiger partial charge >= 0.3 is 0 Å². The molecule has 1 heterocycles. The summed E-state index contributed by atoms with van der Waals surface area (Å²) in [6.07, 6.45) is 1.65. The lowest BCUT2D eigenvalue weighted by Crippen LogP contribution is -2.28. The van der Waals surface area contributed by atoms with E-state index in [2.05, 4.69) is 17.2 Å². The quantitative estimate of drug-likeness (QED) is 0.827. The lowest BCUT2D eigenvalue weighted by molar-refractivity contribution is -0.119. The number of thiazole rings is 1. The molecule has 3 N–H and O–H groups in total. The highest BCUT2D eigenvalue weighted by atomic mass is 32.1. The zero-order valence-electron chi connectivity index (χ0n) is 10.0. The Bertz CT molecular complexity index is 358. The van der Waals surface area contributed by atoms with Crippen LogP contribution in [-0.2, 0) is 11.2 Å². The predicted octanol–water partition coefficient (Wildman–Crippen LogP) is 1.94. The molecular formula is C11H19N3OS. The fraction of sp³-hybridized carbons (Fsp3) is 0.636. The van der Waals surface area contributed by atoms with Crippen LogP contribution >= 0.6 is 11.3 Å². The van der Waals surface area contributed by atoms with Crippen LogP contribution in [0.3, 0.4) is 0 Å². The number of rotatable bonds is 5. The fourth-order valence-electron chi connectivity index (χ4n) is 1.48. The van der Waals surface area contributed by atoms with Crippen LogP contribution in [0, 0.1) is 12.8 Å². The standard InChI is InChI=1S/C11H19N3OS/c1-4-8(6-12)10(15)14-11-13-9(5-2)7(3)16-11/h8H,4-6,12H2,1-3H3,(H,13,14,15). The van der Waals surface area contributed by atoms with Crippen molar-refractivity contribution in [2.45, 2.75) is 33.6 Å². The molecule has 0 radical (unpaired) electrons. The number of nitrogens with two attached hydrogens (primary N) is 1. The molecule has 90 valence electrons. The number of amides is 1. The number of anilines is 1. The molecule has 1 amide bonds. The molecule has 0 aliphatic heterocycles. The van der Waals surface area contributed by atoms with Gasteiger partial charge in [-0.1, -0.05) is 13.8 Å². The van der Waals surface area contributed by atoms with Gasteiger partial charge in [-0.3, -0.25) is 4.79 Å². The summed E-state index contributed by atoms with van der Waals surface area (Å²) in [4.78, 5) is 17.3. The van der Waals surface area contributed by atoms with Crippen LogP contribution in [0.5, 0.6) is 0 Å². The minimum atomic E-state index is -0.116. The predicted molar refractivity (Wildman–Crippen MR) is 67.7 cm³/mol. The van der Waals surface area contributed by atoms with Crippen molar-refractivity contribution in [3.05, 3.63) is 10.6 Å². The normalized spacial score (nSPS) is 12.5. The monoisotopic (exact) mass is 241 g/mol. The highest BCUT2D eigenvalue weighted by molar-refractivity contribution is 7.15. The molecule has 0 fully saturated rings. The molecule has 1 aromatic rings. The number of nitrogens with one attached hydrogen (secondary N) is 1. The summed E-state index contributed by atoms with van der Waals surface area (Å²) in [6.45, 7) is 6.42. The number of aryl methyl sites for hydroxylation is 2. The Morgan fingerprint density at radius 2 is 2.25 bits per heavy atom. The molecule has 1 unspecified atom stereocenters. The van der Waals surface area contributed by atoms with Crippen LogP contribution in [0.2, 0.25) is 0 Å². The molecule has 1 atom stereocenters. The number of carbonyl (C=O) groups is 1. The maximum atomic E-state index is 11.8. The van der Waals surface area contributed by atoms with Crippen LogP contribution in [0.15, 0.2) is 0 Å². The van der Waals surface area contributed by atoms with Crippen molar-refractivity contribution < 1.29 is 4.79 Å². The van der Waals surface area contributed by atoms with Crippen molar-refractivity contribution in [3.63, 3.8) is 0 Å². The van der Waals surface area contributed by atoms with Gasteiger partial charge in [0.15, 0.2) is 5.13 Å². The molecule has 4 nitrogen and oxygen atoms in total. The first kappa shape index (κ1) is 13.1. The summed E-state index contributed by atoms with van der Waals surface area (Å²) in [7, 11) is 0. The molecule has 16 heavy (non-hydrogen) atoms. The van der Waals surface area contributed by atoms with E-state index in [1.54, 1.807) is 0 Å². The van der Waals surface area contributed by atoms with E-state index in [4.69, 9.17) is 5.73 Å². The van der Waals surface area contributed by atoms with Gasteiger partial charge in [-0.05, 0) is 19.8 Å². The van der Waals surface area contributed by atoms with E-state index in [0.717, 1.165) is 18.5 Å². The Morgan fingerprint density at radius 3 is 2.69 bits per heavy atom. The SMILES string of the molecule is CCc1nc(NC(=O)C(CC)CN)sc1C. The molecule has 1 aromatic heterocycles. The van der Waals surface area contributed by atoms with Crippen LogP contribution in [0.1, 0.15) is 30.8 Å². The molecule has 0 aromatic carbocycles. The van der Waals surface area contributed by atoms with Crippen molar-refractivity contribution in [1.29, 1.82) is 0 Å². The molecule has 0 saturated heterocycles. The van der Waals surface area contributed by atoms with Gasteiger partial charge in [-0.2, -0.15) is 0 Å². The Morgan fingerprint density at radius 1 is 1.56 bits per heavy atom. The summed E-state index contributed by atoms with van der Waals surface area (Å²) >= 11 is 1.52. The Balaban J connectivity index is 2.69. The van der Waals surface area contributed by atoms with E-state index in [-0.39, 0.29) is 11.8 Å². The van der Waals surface area contributed by atoms with E-state index in [9.17, 15) is 4.79 Å². The maximum absolute atomic E-state index is 11.8. The third-order valence-electron chi connectivity index (χ3n) is 2.61. The van der Waals surface area contributed by atoms with Crippen molar-refractivity contribution >= 4 is 22.4 Å².